The van der Waals surface area contributed by atoms with Gasteiger partial charge >= 0.3 is 0 Å². The Morgan fingerprint density at radius 1 is 1.12 bits per heavy atom. The van der Waals surface area contributed by atoms with E-state index in [1.54, 1.807) is 12.1 Å². The Bertz CT molecular complexity index is 908. The van der Waals surface area contributed by atoms with E-state index < -0.39 is 0 Å². The lowest BCUT2D eigenvalue weighted by molar-refractivity contribution is 0.103. The van der Waals surface area contributed by atoms with Gasteiger partial charge in [-0.15, -0.1) is 11.3 Å². The number of halogens is 2. The monoisotopic (exact) mass is 391 g/mol. The molecule has 0 atom stereocenters. The number of rotatable bonds is 5. The minimum absolute atomic E-state index is 0.167. The Labute approximate surface area is 160 Å². The Morgan fingerprint density at radius 3 is 2.68 bits per heavy atom. The Morgan fingerprint density at radius 2 is 1.88 bits per heavy atom. The summed E-state index contributed by atoms with van der Waals surface area (Å²) in [5, 5.41) is 5.97. The zero-order valence-electron chi connectivity index (χ0n) is 13.4. The third-order valence-electron chi connectivity index (χ3n) is 3.62. The van der Waals surface area contributed by atoms with Crippen LogP contribution in [-0.4, -0.2) is 5.91 Å². The van der Waals surface area contributed by atoms with Crippen LogP contribution < -0.4 is 10.1 Å². The maximum Gasteiger partial charge on any atom is 0.265 e. The second-order valence-corrected chi connectivity index (χ2v) is 7.13. The van der Waals surface area contributed by atoms with Crippen LogP contribution in [0.15, 0.2) is 53.9 Å². The fraction of sp³-hybridized carbons (Fsp3) is 0.105. The molecule has 0 aliphatic carbocycles. The van der Waals surface area contributed by atoms with Gasteiger partial charge in [-0.3, -0.25) is 4.79 Å². The van der Waals surface area contributed by atoms with E-state index in [1.165, 1.54) is 11.3 Å². The number of carbonyl (C=O) groups excluding carboxylic acids is 1. The summed E-state index contributed by atoms with van der Waals surface area (Å²) in [6.07, 6.45) is 0. The smallest absolute Gasteiger partial charge is 0.265 e. The SMILES string of the molecule is Cc1c(Cl)cccc1NC(=O)c1cc(COc2ccccc2Cl)cs1. The van der Waals surface area contributed by atoms with Crippen molar-refractivity contribution in [1.29, 1.82) is 0 Å². The first kappa shape index (κ1) is 17.8. The van der Waals surface area contributed by atoms with Crippen molar-refractivity contribution in [3.05, 3.63) is 80.0 Å². The molecule has 3 aromatic rings. The van der Waals surface area contributed by atoms with Crippen LogP contribution in [0.25, 0.3) is 0 Å². The van der Waals surface area contributed by atoms with Gasteiger partial charge in [-0.25, -0.2) is 0 Å². The van der Waals surface area contributed by atoms with Gasteiger partial charge in [0.25, 0.3) is 5.91 Å². The summed E-state index contributed by atoms with van der Waals surface area (Å²) < 4.78 is 5.69. The Kier molecular flexibility index (Phi) is 5.63. The van der Waals surface area contributed by atoms with Crippen LogP contribution in [0.3, 0.4) is 0 Å². The van der Waals surface area contributed by atoms with E-state index in [9.17, 15) is 4.79 Å². The van der Waals surface area contributed by atoms with Gasteiger partial charge in [0, 0.05) is 16.3 Å². The molecular weight excluding hydrogens is 377 g/mol. The second kappa shape index (κ2) is 7.91. The molecule has 128 valence electrons. The lowest BCUT2D eigenvalue weighted by atomic mass is 10.2. The molecule has 0 unspecified atom stereocenters. The molecule has 1 N–H and O–H groups in total. The number of benzene rings is 2. The molecule has 0 spiro atoms. The lowest BCUT2D eigenvalue weighted by Gasteiger charge is -2.08. The summed E-state index contributed by atoms with van der Waals surface area (Å²) in [4.78, 5) is 13.0. The quantitative estimate of drug-likeness (QED) is 0.562. The van der Waals surface area contributed by atoms with Crippen molar-refractivity contribution in [2.45, 2.75) is 13.5 Å². The summed E-state index contributed by atoms with van der Waals surface area (Å²) in [5.74, 6) is 0.454. The molecule has 6 heteroatoms. The molecule has 0 bridgehead atoms. The lowest BCUT2D eigenvalue weighted by Crippen LogP contribution is -2.11. The first-order chi connectivity index (χ1) is 12.0. The maximum atomic E-state index is 12.4. The van der Waals surface area contributed by atoms with E-state index in [0.717, 1.165) is 11.1 Å². The number of amides is 1. The average Bonchev–Trinajstić information content (AvgIpc) is 3.07. The number of nitrogens with one attached hydrogen (secondary N) is 1. The van der Waals surface area contributed by atoms with Gasteiger partial charge in [0.1, 0.15) is 12.4 Å². The largest absolute Gasteiger partial charge is 0.487 e. The summed E-state index contributed by atoms with van der Waals surface area (Å²) in [5.41, 5.74) is 2.47. The Hall–Kier alpha value is -2.01. The van der Waals surface area contributed by atoms with Crippen LogP contribution in [0.2, 0.25) is 10.0 Å². The molecule has 0 fully saturated rings. The highest BCUT2D eigenvalue weighted by Gasteiger charge is 2.12. The first-order valence-electron chi connectivity index (χ1n) is 7.56. The zero-order chi connectivity index (χ0) is 17.8. The van der Waals surface area contributed by atoms with Crippen molar-refractivity contribution in [2.24, 2.45) is 0 Å². The number of carbonyl (C=O) groups is 1. The molecule has 2 aromatic carbocycles. The molecule has 25 heavy (non-hydrogen) atoms. The molecule has 1 amide bonds. The molecule has 0 saturated carbocycles. The summed E-state index contributed by atoms with van der Waals surface area (Å²) in [6.45, 7) is 2.22. The van der Waals surface area contributed by atoms with Gasteiger partial charge in [0.05, 0.1) is 9.90 Å². The van der Waals surface area contributed by atoms with E-state index >= 15 is 0 Å². The minimum atomic E-state index is -0.167. The average molecular weight is 392 g/mol. The van der Waals surface area contributed by atoms with Gasteiger partial charge in [0.2, 0.25) is 0 Å². The first-order valence-corrected chi connectivity index (χ1v) is 9.19. The Balaban J connectivity index is 1.65. The molecule has 0 aliphatic heterocycles. The number of thiophene rings is 1. The highest BCUT2D eigenvalue weighted by Crippen LogP contribution is 2.26. The molecule has 0 aliphatic rings. The number of anilines is 1. The zero-order valence-corrected chi connectivity index (χ0v) is 15.7. The number of ether oxygens (including phenoxy) is 1. The second-order valence-electron chi connectivity index (χ2n) is 5.40. The topological polar surface area (TPSA) is 38.3 Å². The molecule has 0 radical (unpaired) electrons. The summed E-state index contributed by atoms with van der Waals surface area (Å²) in [6, 6.07) is 14.5. The molecular formula is C19H15Cl2NO2S. The molecule has 1 heterocycles. The highest BCUT2D eigenvalue weighted by atomic mass is 35.5. The van der Waals surface area contributed by atoms with Crippen LogP contribution in [-0.2, 0) is 6.61 Å². The van der Waals surface area contributed by atoms with Crippen molar-refractivity contribution in [1.82, 2.24) is 0 Å². The third-order valence-corrected chi connectivity index (χ3v) is 5.32. The predicted molar refractivity (Wildman–Crippen MR) is 104 cm³/mol. The number of hydrogen-bond acceptors (Lipinski definition) is 3. The van der Waals surface area contributed by atoms with Crippen LogP contribution in [0.5, 0.6) is 5.75 Å². The third kappa shape index (κ3) is 4.34. The van der Waals surface area contributed by atoms with Crippen molar-refractivity contribution in [2.75, 3.05) is 5.32 Å². The van der Waals surface area contributed by atoms with E-state index in [0.29, 0.717) is 33.0 Å². The minimum Gasteiger partial charge on any atom is -0.487 e. The van der Waals surface area contributed by atoms with Crippen molar-refractivity contribution in [3.63, 3.8) is 0 Å². The van der Waals surface area contributed by atoms with Crippen molar-refractivity contribution < 1.29 is 9.53 Å². The van der Waals surface area contributed by atoms with E-state index in [1.807, 2.05) is 48.7 Å². The van der Waals surface area contributed by atoms with E-state index in [2.05, 4.69) is 5.32 Å². The van der Waals surface area contributed by atoms with Crippen LogP contribution in [0.1, 0.15) is 20.8 Å². The van der Waals surface area contributed by atoms with Crippen LogP contribution in [0.4, 0.5) is 5.69 Å². The fourth-order valence-electron chi connectivity index (χ4n) is 2.22. The summed E-state index contributed by atoms with van der Waals surface area (Å²) in [7, 11) is 0. The molecule has 3 rings (SSSR count). The van der Waals surface area contributed by atoms with Gasteiger partial charge in [-0.1, -0.05) is 41.4 Å². The highest BCUT2D eigenvalue weighted by molar-refractivity contribution is 7.12. The predicted octanol–water partition coefficient (Wildman–Crippen LogP) is 6.19. The van der Waals surface area contributed by atoms with Crippen LogP contribution in [0, 0.1) is 6.92 Å². The molecule has 0 saturated heterocycles. The normalized spacial score (nSPS) is 10.5. The van der Waals surface area contributed by atoms with E-state index in [4.69, 9.17) is 27.9 Å². The van der Waals surface area contributed by atoms with Crippen molar-refractivity contribution >= 4 is 46.1 Å². The van der Waals surface area contributed by atoms with Gasteiger partial charge < -0.3 is 10.1 Å². The van der Waals surface area contributed by atoms with Crippen LogP contribution >= 0.6 is 34.5 Å². The maximum absolute atomic E-state index is 12.4. The van der Waals surface area contributed by atoms with Gasteiger partial charge in [-0.05, 0) is 48.2 Å². The molecule has 1 aromatic heterocycles. The standard InChI is InChI=1S/C19H15Cl2NO2S/c1-12-14(20)6-4-7-16(12)22-19(23)18-9-13(11-25-18)10-24-17-8-3-2-5-15(17)21/h2-9,11H,10H2,1H3,(H,22,23). The van der Waals surface area contributed by atoms with Gasteiger partial charge in [-0.2, -0.15) is 0 Å². The number of hydrogen-bond donors (Lipinski definition) is 1. The number of para-hydroxylation sites is 1. The van der Waals surface area contributed by atoms with Gasteiger partial charge in [0.15, 0.2) is 0 Å². The fourth-order valence-corrected chi connectivity index (χ4v) is 3.38. The van der Waals surface area contributed by atoms with Crippen molar-refractivity contribution in [3.8, 4) is 5.75 Å². The molecule has 3 nitrogen and oxygen atoms in total. The summed E-state index contributed by atoms with van der Waals surface area (Å²) >= 11 is 13.5. The van der Waals surface area contributed by atoms with E-state index in [-0.39, 0.29) is 5.91 Å².